The van der Waals surface area contributed by atoms with Gasteiger partial charge in [-0.25, -0.2) is 0 Å². The molecule has 1 aromatic carbocycles. The summed E-state index contributed by atoms with van der Waals surface area (Å²) in [6, 6.07) is 10.1. The predicted molar refractivity (Wildman–Crippen MR) is 63.1 cm³/mol. The highest BCUT2D eigenvalue weighted by molar-refractivity contribution is 5.13. The van der Waals surface area contributed by atoms with Crippen molar-refractivity contribution in [2.45, 2.75) is 6.61 Å². The van der Waals surface area contributed by atoms with E-state index >= 15 is 0 Å². The number of ether oxygens (including phenoxy) is 3. The van der Waals surface area contributed by atoms with Gasteiger partial charge in [-0.3, -0.25) is 0 Å². The minimum absolute atomic E-state index is 0.422. The Morgan fingerprint density at radius 1 is 1.12 bits per heavy atom. The molecule has 0 aliphatic rings. The van der Waals surface area contributed by atoms with Crippen LogP contribution < -0.4 is 0 Å². The summed E-state index contributed by atoms with van der Waals surface area (Å²) >= 11 is 0. The van der Waals surface area contributed by atoms with Gasteiger partial charge in [-0.1, -0.05) is 36.9 Å². The lowest BCUT2D eigenvalue weighted by atomic mass is 10.2. The first kappa shape index (κ1) is 12.7. The van der Waals surface area contributed by atoms with E-state index in [0.29, 0.717) is 32.2 Å². The van der Waals surface area contributed by atoms with Gasteiger partial charge in [-0.2, -0.15) is 0 Å². The van der Waals surface area contributed by atoms with Crippen molar-refractivity contribution in [2.75, 3.05) is 26.9 Å². The molecule has 0 radical (unpaired) electrons. The smallest absolute Gasteiger partial charge is 0.114 e. The Morgan fingerprint density at radius 3 is 2.50 bits per heavy atom. The second kappa shape index (κ2) is 7.91. The van der Waals surface area contributed by atoms with Crippen molar-refractivity contribution in [2.24, 2.45) is 0 Å². The standard InChI is InChI=1S/C13H18O3/c1-12(14-2)10-15-8-9-16-11-13-6-4-3-5-7-13/h3-7H,1,8-11H2,2H3. The van der Waals surface area contributed by atoms with E-state index in [1.807, 2.05) is 30.3 Å². The first-order valence-electron chi connectivity index (χ1n) is 5.24. The lowest BCUT2D eigenvalue weighted by Crippen LogP contribution is -2.06. The molecule has 0 unspecified atom stereocenters. The third-order valence-corrected chi connectivity index (χ3v) is 2.04. The Morgan fingerprint density at radius 2 is 1.81 bits per heavy atom. The minimum Gasteiger partial charge on any atom is -0.499 e. The van der Waals surface area contributed by atoms with Gasteiger partial charge in [0.15, 0.2) is 0 Å². The zero-order valence-electron chi connectivity index (χ0n) is 9.65. The monoisotopic (exact) mass is 222 g/mol. The van der Waals surface area contributed by atoms with Crippen molar-refractivity contribution in [3.8, 4) is 0 Å². The molecule has 0 bridgehead atoms. The fourth-order valence-electron chi connectivity index (χ4n) is 1.13. The molecule has 0 aromatic heterocycles. The number of methoxy groups -OCH3 is 1. The van der Waals surface area contributed by atoms with Crippen molar-refractivity contribution in [3.63, 3.8) is 0 Å². The van der Waals surface area contributed by atoms with Gasteiger partial charge in [0, 0.05) is 0 Å². The first-order valence-corrected chi connectivity index (χ1v) is 5.24. The van der Waals surface area contributed by atoms with Gasteiger partial charge in [0.1, 0.15) is 12.4 Å². The predicted octanol–water partition coefficient (Wildman–Crippen LogP) is 2.38. The van der Waals surface area contributed by atoms with E-state index in [-0.39, 0.29) is 0 Å². The molecule has 3 heteroatoms. The summed E-state index contributed by atoms with van der Waals surface area (Å²) < 4.78 is 15.6. The van der Waals surface area contributed by atoms with Crippen molar-refractivity contribution >= 4 is 0 Å². The molecule has 16 heavy (non-hydrogen) atoms. The Hall–Kier alpha value is -1.32. The van der Waals surface area contributed by atoms with Crippen molar-refractivity contribution < 1.29 is 14.2 Å². The average Bonchev–Trinajstić information content (AvgIpc) is 2.34. The molecular weight excluding hydrogens is 204 g/mol. The highest BCUT2D eigenvalue weighted by atomic mass is 16.5. The van der Waals surface area contributed by atoms with Gasteiger partial charge in [-0.15, -0.1) is 0 Å². The highest BCUT2D eigenvalue weighted by Crippen LogP contribution is 2.00. The van der Waals surface area contributed by atoms with Crippen molar-refractivity contribution in [3.05, 3.63) is 48.2 Å². The molecule has 0 fully saturated rings. The van der Waals surface area contributed by atoms with E-state index in [1.165, 1.54) is 5.56 Å². The topological polar surface area (TPSA) is 27.7 Å². The van der Waals surface area contributed by atoms with Crippen LogP contribution in [0.2, 0.25) is 0 Å². The van der Waals surface area contributed by atoms with Gasteiger partial charge in [-0.05, 0) is 5.56 Å². The molecule has 0 aliphatic carbocycles. The van der Waals surface area contributed by atoms with E-state index < -0.39 is 0 Å². The maximum atomic E-state index is 5.44. The van der Waals surface area contributed by atoms with Crippen LogP contribution in [-0.2, 0) is 20.8 Å². The fraction of sp³-hybridized carbons (Fsp3) is 0.385. The second-order valence-corrected chi connectivity index (χ2v) is 3.33. The highest BCUT2D eigenvalue weighted by Gasteiger charge is 1.94. The van der Waals surface area contributed by atoms with Crippen LogP contribution in [-0.4, -0.2) is 26.9 Å². The lowest BCUT2D eigenvalue weighted by Gasteiger charge is -2.06. The van der Waals surface area contributed by atoms with Crippen LogP contribution in [0.25, 0.3) is 0 Å². The van der Waals surface area contributed by atoms with Crippen LogP contribution >= 0.6 is 0 Å². The largest absolute Gasteiger partial charge is 0.499 e. The summed E-state index contributed by atoms with van der Waals surface area (Å²) in [5.41, 5.74) is 1.17. The van der Waals surface area contributed by atoms with Crippen LogP contribution in [0.3, 0.4) is 0 Å². The molecule has 0 spiro atoms. The Labute approximate surface area is 96.6 Å². The maximum absolute atomic E-state index is 5.44. The zero-order chi connectivity index (χ0) is 11.6. The summed E-state index contributed by atoms with van der Waals surface area (Å²) in [7, 11) is 1.58. The number of hydrogen-bond acceptors (Lipinski definition) is 3. The van der Waals surface area contributed by atoms with Gasteiger partial charge in [0.2, 0.25) is 0 Å². The van der Waals surface area contributed by atoms with E-state index in [2.05, 4.69) is 6.58 Å². The molecule has 0 N–H and O–H groups in total. The number of rotatable bonds is 8. The molecule has 88 valence electrons. The molecule has 0 atom stereocenters. The quantitative estimate of drug-likeness (QED) is 0.499. The summed E-state index contributed by atoms with van der Waals surface area (Å²) in [6.45, 7) is 5.82. The van der Waals surface area contributed by atoms with Gasteiger partial charge in [0.25, 0.3) is 0 Å². The molecule has 3 nitrogen and oxygen atoms in total. The second-order valence-electron chi connectivity index (χ2n) is 3.33. The Bertz CT molecular complexity index is 295. The van der Waals surface area contributed by atoms with Crippen LogP contribution in [0.5, 0.6) is 0 Å². The molecule has 0 amide bonds. The molecule has 1 rings (SSSR count). The first-order chi connectivity index (χ1) is 7.83. The fourth-order valence-corrected chi connectivity index (χ4v) is 1.13. The molecule has 0 heterocycles. The summed E-state index contributed by atoms with van der Waals surface area (Å²) in [6.07, 6.45) is 0. The SMILES string of the molecule is C=C(COCCOCc1ccccc1)OC. The van der Waals surface area contributed by atoms with Crippen LogP contribution in [0.4, 0.5) is 0 Å². The molecule has 0 aliphatic heterocycles. The Balaban J connectivity index is 1.98. The molecular formula is C13H18O3. The van der Waals surface area contributed by atoms with E-state index in [4.69, 9.17) is 14.2 Å². The third-order valence-electron chi connectivity index (χ3n) is 2.04. The summed E-state index contributed by atoms with van der Waals surface area (Å²) in [4.78, 5) is 0. The van der Waals surface area contributed by atoms with E-state index in [9.17, 15) is 0 Å². The molecule has 0 saturated heterocycles. The van der Waals surface area contributed by atoms with Gasteiger partial charge < -0.3 is 14.2 Å². The van der Waals surface area contributed by atoms with E-state index in [0.717, 1.165) is 0 Å². The normalized spacial score (nSPS) is 10.1. The zero-order valence-corrected chi connectivity index (χ0v) is 9.65. The van der Waals surface area contributed by atoms with Crippen LogP contribution in [0.15, 0.2) is 42.7 Å². The van der Waals surface area contributed by atoms with Gasteiger partial charge >= 0.3 is 0 Å². The van der Waals surface area contributed by atoms with Gasteiger partial charge in [0.05, 0.1) is 26.9 Å². The summed E-state index contributed by atoms with van der Waals surface area (Å²) in [5, 5.41) is 0. The van der Waals surface area contributed by atoms with Crippen LogP contribution in [0, 0.1) is 0 Å². The molecule has 0 saturated carbocycles. The molecule has 1 aromatic rings. The number of hydrogen-bond donors (Lipinski definition) is 0. The summed E-state index contributed by atoms with van der Waals surface area (Å²) in [5.74, 6) is 0.628. The number of benzene rings is 1. The Kier molecular flexibility index (Phi) is 6.30. The van der Waals surface area contributed by atoms with Crippen molar-refractivity contribution in [1.29, 1.82) is 0 Å². The minimum atomic E-state index is 0.422. The van der Waals surface area contributed by atoms with E-state index in [1.54, 1.807) is 7.11 Å². The lowest BCUT2D eigenvalue weighted by molar-refractivity contribution is 0.0377. The average molecular weight is 222 g/mol. The van der Waals surface area contributed by atoms with Crippen LogP contribution in [0.1, 0.15) is 5.56 Å². The maximum Gasteiger partial charge on any atom is 0.114 e. The van der Waals surface area contributed by atoms with Crippen molar-refractivity contribution in [1.82, 2.24) is 0 Å². The third kappa shape index (κ3) is 5.53.